The predicted octanol–water partition coefficient (Wildman–Crippen LogP) is 1.37. The molecule has 0 saturated carbocycles. The SMILES string of the molecule is Cc1ccc(C(=O)NCCN=[N+]=[N-])n1C. The van der Waals surface area contributed by atoms with Gasteiger partial charge in [-0.2, -0.15) is 0 Å². The van der Waals surface area contributed by atoms with Crippen molar-refractivity contribution in [2.75, 3.05) is 13.1 Å². The molecule has 0 saturated heterocycles. The maximum Gasteiger partial charge on any atom is 0.267 e. The third-order valence-corrected chi connectivity index (χ3v) is 2.17. The second kappa shape index (κ2) is 5.07. The Morgan fingerprint density at radius 2 is 2.40 bits per heavy atom. The van der Waals surface area contributed by atoms with E-state index in [9.17, 15) is 4.79 Å². The number of nitrogens with one attached hydrogen (secondary N) is 1. The second-order valence-corrected chi connectivity index (χ2v) is 3.13. The molecule has 0 unspecified atom stereocenters. The molecule has 6 nitrogen and oxygen atoms in total. The normalized spacial score (nSPS) is 9.47. The van der Waals surface area contributed by atoms with Gasteiger partial charge in [-0.25, -0.2) is 0 Å². The van der Waals surface area contributed by atoms with Gasteiger partial charge in [-0.1, -0.05) is 5.11 Å². The van der Waals surface area contributed by atoms with Crippen LogP contribution in [0.3, 0.4) is 0 Å². The van der Waals surface area contributed by atoms with Crippen molar-refractivity contribution in [2.45, 2.75) is 6.92 Å². The molecule has 1 N–H and O–H groups in total. The fourth-order valence-corrected chi connectivity index (χ4v) is 1.20. The van der Waals surface area contributed by atoms with Crippen molar-refractivity contribution in [1.29, 1.82) is 0 Å². The summed E-state index contributed by atoms with van der Waals surface area (Å²) < 4.78 is 1.81. The van der Waals surface area contributed by atoms with E-state index in [0.29, 0.717) is 12.2 Å². The topological polar surface area (TPSA) is 82.8 Å². The molecule has 1 amide bonds. The summed E-state index contributed by atoms with van der Waals surface area (Å²) in [5, 5.41) is 5.99. The van der Waals surface area contributed by atoms with Crippen LogP contribution in [0.25, 0.3) is 10.4 Å². The van der Waals surface area contributed by atoms with E-state index in [1.54, 1.807) is 6.07 Å². The van der Waals surface area contributed by atoms with Crippen LogP contribution in [0.1, 0.15) is 16.2 Å². The molecule has 1 aromatic rings. The molecule has 0 bridgehead atoms. The van der Waals surface area contributed by atoms with Crippen LogP contribution in [0.5, 0.6) is 0 Å². The van der Waals surface area contributed by atoms with Crippen molar-refractivity contribution in [3.05, 3.63) is 34.0 Å². The molecule has 6 heteroatoms. The molecule has 0 aliphatic rings. The molecule has 1 aromatic heterocycles. The summed E-state index contributed by atoms with van der Waals surface area (Å²) in [4.78, 5) is 14.2. The van der Waals surface area contributed by atoms with Crippen LogP contribution < -0.4 is 5.32 Å². The van der Waals surface area contributed by atoms with Crippen LogP contribution in [0.2, 0.25) is 0 Å². The first-order valence-corrected chi connectivity index (χ1v) is 4.58. The Kier molecular flexibility index (Phi) is 3.76. The number of carbonyl (C=O) groups is 1. The first-order valence-electron chi connectivity index (χ1n) is 4.58. The lowest BCUT2D eigenvalue weighted by Crippen LogP contribution is -2.27. The van der Waals surface area contributed by atoms with Crippen LogP contribution in [0.4, 0.5) is 0 Å². The molecule has 1 rings (SSSR count). The van der Waals surface area contributed by atoms with Gasteiger partial charge in [0, 0.05) is 30.7 Å². The standard InChI is InChI=1S/C9H13N5O/c1-7-3-4-8(14(7)2)9(15)11-5-6-12-13-10/h3-4H,5-6H2,1-2H3,(H,11,15). The van der Waals surface area contributed by atoms with Crippen LogP contribution >= 0.6 is 0 Å². The molecule has 0 aromatic carbocycles. The third-order valence-electron chi connectivity index (χ3n) is 2.17. The highest BCUT2D eigenvalue weighted by Gasteiger charge is 2.09. The summed E-state index contributed by atoms with van der Waals surface area (Å²) in [5.74, 6) is -0.154. The van der Waals surface area contributed by atoms with Crippen LogP contribution in [0, 0.1) is 6.92 Å². The minimum absolute atomic E-state index is 0.154. The van der Waals surface area contributed by atoms with Gasteiger partial charge in [-0.15, -0.1) is 0 Å². The Morgan fingerprint density at radius 3 is 2.93 bits per heavy atom. The molecule has 0 radical (unpaired) electrons. The number of azide groups is 1. The first-order chi connectivity index (χ1) is 7.16. The van der Waals surface area contributed by atoms with Crippen molar-refractivity contribution < 1.29 is 4.79 Å². The molecule has 1 heterocycles. The lowest BCUT2D eigenvalue weighted by molar-refractivity contribution is 0.0946. The van der Waals surface area contributed by atoms with Crippen molar-refractivity contribution in [3.63, 3.8) is 0 Å². The Bertz CT molecular complexity index is 403. The second-order valence-electron chi connectivity index (χ2n) is 3.13. The Labute approximate surface area is 87.5 Å². The van der Waals surface area contributed by atoms with E-state index in [-0.39, 0.29) is 12.5 Å². The fourth-order valence-electron chi connectivity index (χ4n) is 1.20. The lowest BCUT2D eigenvalue weighted by atomic mass is 10.4. The largest absolute Gasteiger partial charge is 0.351 e. The molecule has 0 aliphatic heterocycles. The quantitative estimate of drug-likeness (QED) is 0.344. The highest BCUT2D eigenvalue weighted by Crippen LogP contribution is 2.04. The van der Waals surface area contributed by atoms with Crippen molar-refractivity contribution in [1.82, 2.24) is 9.88 Å². The molecule has 0 aliphatic carbocycles. The maximum absolute atomic E-state index is 11.6. The van der Waals surface area contributed by atoms with Gasteiger partial charge in [0.1, 0.15) is 5.69 Å². The number of aromatic nitrogens is 1. The lowest BCUT2D eigenvalue weighted by Gasteiger charge is -2.05. The number of rotatable bonds is 4. The first kappa shape index (κ1) is 11.1. The number of hydrogen-bond acceptors (Lipinski definition) is 2. The van der Waals surface area contributed by atoms with Gasteiger partial charge in [0.15, 0.2) is 0 Å². The van der Waals surface area contributed by atoms with Gasteiger partial charge in [-0.3, -0.25) is 4.79 Å². The molecule has 0 spiro atoms. The van der Waals surface area contributed by atoms with E-state index < -0.39 is 0 Å². The zero-order valence-electron chi connectivity index (χ0n) is 8.77. The Hall–Kier alpha value is -1.94. The van der Waals surface area contributed by atoms with Gasteiger partial charge in [-0.05, 0) is 24.6 Å². The average Bonchev–Trinajstić information content (AvgIpc) is 2.55. The summed E-state index contributed by atoms with van der Waals surface area (Å²) in [7, 11) is 1.83. The van der Waals surface area contributed by atoms with Gasteiger partial charge >= 0.3 is 0 Å². The molecule has 0 fully saturated rings. The summed E-state index contributed by atoms with van der Waals surface area (Å²) in [6.45, 7) is 2.55. The van der Waals surface area contributed by atoms with E-state index in [1.165, 1.54) is 0 Å². The van der Waals surface area contributed by atoms with Crippen molar-refractivity contribution in [3.8, 4) is 0 Å². The van der Waals surface area contributed by atoms with Crippen LogP contribution in [0.15, 0.2) is 17.2 Å². The van der Waals surface area contributed by atoms with E-state index >= 15 is 0 Å². The number of amides is 1. The molecular weight excluding hydrogens is 194 g/mol. The highest BCUT2D eigenvalue weighted by molar-refractivity contribution is 5.92. The smallest absolute Gasteiger partial charge is 0.267 e. The van der Waals surface area contributed by atoms with Crippen molar-refractivity contribution in [2.24, 2.45) is 12.2 Å². The van der Waals surface area contributed by atoms with E-state index in [1.807, 2.05) is 24.6 Å². The zero-order chi connectivity index (χ0) is 11.3. The minimum atomic E-state index is -0.154. The summed E-state index contributed by atoms with van der Waals surface area (Å²) >= 11 is 0. The van der Waals surface area contributed by atoms with Gasteiger partial charge in [0.05, 0.1) is 0 Å². The third kappa shape index (κ3) is 2.75. The Balaban J connectivity index is 2.54. The molecule has 15 heavy (non-hydrogen) atoms. The summed E-state index contributed by atoms with van der Waals surface area (Å²) in [6, 6.07) is 3.64. The number of hydrogen-bond donors (Lipinski definition) is 1. The monoisotopic (exact) mass is 207 g/mol. The molecular formula is C9H13N5O. The fraction of sp³-hybridized carbons (Fsp3) is 0.444. The van der Waals surface area contributed by atoms with E-state index in [2.05, 4.69) is 15.3 Å². The van der Waals surface area contributed by atoms with Crippen LogP contribution in [-0.2, 0) is 7.05 Å². The van der Waals surface area contributed by atoms with Gasteiger partial charge in [0.25, 0.3) is 5.91 Å². The number of nitrogens with zero attached hydrogens (tertiary/aromatic N) is 4. The van der Waals surface area contributed by atoms with Gasteiger partial charge < -0.3 is 9.88 Å². The Morgan fingerprint density at radius 1 is 1.67 bits per heavy atom. The zero-order valence-corrected chi connectivity index (χ0v) is 8.77. The highest BCUT2D eigenvalue weighted by atomic mass is 16.1. The maximum atomic E-state index is 11.6. The minimum Gasteiger partial charge on any atom is -0.351 e. The number of carbonyl (C=O) groups excluding carboxylic acids is 1. The molecule has 80 valence electrons. The van der Waals surface area contributed by atoms with E-state index in [4.69, 9.17) is 5.53 Å². The van der Waals surface area contributed by atoms with E-state index in [0.717, 1.165) is 5.69 Å². The summed E-state index contributed by atoms with van der Waals surface area (Å²) in [5.41, 5.74) is 9.67. The average molecular weight is 207 g/mol. The molecule has 0 atom stereocenters. The predicted molar refractivity (Wildman–Crippen MR) is 56.5 cm³/mol. The van der Waals surface area contributed by atoms with Crippen LogP contribution in [-0.4, -0.2) is 23.6 Å². The van der Waals surface area contributed by atoms with Crippen molar-refractivity contribution >= 4 is 5.91 Å². The number of aryl methyl sites for hydroxylation is 1. The summed E-state index contributed by atoms with van der Waals surface area (Å²) in [6.07, 6.45) is 0. The van der Waals surface area contributed by atoms with Gasteiger partial charge in [0.2, 0.25) is 0 Å².